The van der Waals surface area contributed by atoms with E-state index in [2.05, 4.69) is 0 Å². The minimum absolute atomic E-state index is 0.240. The van der Waals surface area contributed by atoms with E-state index in [-0.39, 0.29) is 6.42 Å². The SMILES string of the molecule is CCc1cccc2c1CCCC2C(F)(F)F. The zero-order valence-corrected chi connectivity index (χ0v) is 9.27. The number of benzene rings is 1. The maximum Gasteiger partial charge on any atom is 0.395 e. The van der Waals surface area contributed by atoms with Crippen LogP contribution in [0.3, 0.4) is 0 Å². The van der Waals surface area contributed by atoms with E-state index in [1.165, 1.54) is 0 Å². The van der Waals surface area contributed by atoms with Crippen molar-refractivity contribution >= 4 is 0 Å². The highest BCUT2D eigenvalue weighted by molar-refractivity contribution is 5.40. The van der Waals surface area contributed by atoms with Gasteiger partial charge in [-0.3, -0.25) is 0 Å². The number of fused-ring (bicyclic) bond motifs is 1. The second-order valence-electron chi connectivity index (χ2n) is 4.32. The molecule has 0 aliphatic heterocycles. The number of aryl methyl sites for hydroxylation is 1. The summed E-state index contributed by atoms with van der Waals surface area (Å²) in [6.45, 7) is 1.99. The fourth-order valence-electron chi connectivity index (χ4n) is 2.60. The van der Waals surface area contributed by atoms with Crippen LogP contribution in [0, 0.1) is 0 Å². The zero-order chi connectivity index (χ0) is 11.8. The van der Waals surface area contributed by atoms with Crippen LogP contribution in [0.4, 0.5) is 13.2 Å². The summed E-state index contributed by atoms with van der Waals surface area (Å²) in [7, 11) is 0. The Bertz CT molecular complexity index is 379. The molecule has 0 amide bonds. The van der Waals surface area contributed by atoms with Crippen LogP contribution in [-0.4, -0.2) is 6.18 Å². The molecular formula is C13H15F3. The van der Waals surface area contributed by atoms with Gasteiger partial charge in [0.05, 0.1) is 5.92 Å². The Morgan fingerprint density at radius 1 is 1.31 bits per heavy atom. The minimum atomic E-state index is -4.10. The fourth-order valence-corrected chi connectivity index (χ4v) is 2.60. The molecule has 88 valence electrons. The molecule has 0 spiro atoms. The summed E-state index contributed by atoms with van der Waals surface area (Å²) in [4.78, 5) is 0. The molecule has 0 aromatic heterocycles. The molecule has 0 saturated heterocycles. The Kier molecular flexibility index (Phi) is 2.96. The van der Waals surface area contributed by atoms with Crippen molar-refractivity contribution in [1.82, 2.24) is 0 Å². The van der Waals surface area contributed by atoms with Crippen LogP contribution in [0.2, 0.25) is 0 Å². The van der Waals surface area contributed by atoms with Crippen LogP contribution < -0.4 is 0 Å². The van der Waals surface area contributed by atoms with Gasteiger partial charge >= 0.3 is 6.18 Å². The fraction of sp³-hybridized carbons (Fsp3) is 0.538. The molecule has 0 N–H and O–H groups in total. The van der Waals surface area contributed by atoms with Crippen molar-refractivity contribution in [2.24, 2.45) is 0 Å². The maximum absolute atomic E-state index is 12.9. The molecule has 0 nitrogen and oxygen atoms in total. The summed E-state index contributed by atoms with van der Waals surface area (Å²) in [5.74, 6) is -1.25. The first-order chi connectivity index (χ1) is 7.54. The summed E-state index contributed by atoms with van der Waals surface area (Å²) in [6, 6.07) is 5.34. The molecule has 0 fully saturated rings. The van der Waals surface area contributed by atoms with Crippen molar-refractivity contribution in [1.29, 1.82) is 0 Å². The zero-order valence-electron chi connectivity index (χ0n) is 9.27. The Balaban J connectivity index is 2.47. The predicted octanol–water partition coefficient (Wildman–Crippen LogP) is 4.23. The second kappa shape index (κ2) is 4.11. The first kappa shape index (κ1) is 11.5. The van der Waals surface area contributed by atoms with E-state index >= 15 is 0 Å². The van der Waals surface area contributed by atoms with E-state index in [0.717, 1.165) is 24.0 Å². The summed E-state index contributed by atoms with van der Waals surface area (Å²) in [5, 5.41) is 0. The molecule has 1 aliphatic rings. The van der Waals surface area contributed by atoms with Crippen molar-refractivity contribution in [3.05, 3.63) is 34.9 Å². The molecule has 0 radical (unpaired) electrons. The van der Waals surface area contributed by atoms with Gasteiger partial charge in [0.2, 0.25) is 0 Å². The van der Waals surface area contributed by atoms with Crippen molar-refractivity contribution in [2.75, 3.05) is 0 Å². The average Bonchev–Trinajstić information content (AvgIpc) is 2.26. The van der Waals surface area contributed by atoms with Crippen molar-refractivity contribution in [2.45, 2.75) is 44.7 Å². The molecule has 2 rings (SSSR count). The van der Waals surface area contributed by atoms with Gasteiger partial charge in [-0.15, -0.1) is 0 Å². The van der Waals surface area contributed by atoms with E-state index in [1.807, 2.05) is 13.0 Å². The number of hydrogen-bond donors (Lipinski definition) is 0. The van der Waals surface area contributed by atoms with Gasteiger partial charge in [0, 0.05) is 0 Å². The molecule has 1 aliphatic carbocycles. The first-order valence-electron chi connectivity index (χ1n) is 5.71. The van der Waals surface area contributed by atoms with Crippen LogP contribution in [0.5, 0.6) is 0 Å². The standard InChI is InChI=1S/C13H15F3/c1-2-9-5-3-7-11-10(9)6-4-8-12(11)13(14,15)16/h3,5,7,12H,2,4,6,8H2,1H3. The number of hydrogen-bond acceptors (Lipinski definition) is 0. The third kappa shape index (κ3) is 1.95. The topological polar surface area (TPSA) is 0 Å². The van der Waals surface area contributed by atoms with E-state index < -0.39 is 12.1 Å². The number of halogens is 3. The summed E-state index contributed by atoms with van der Waals surface area (Å²) < 4.78 is 38.6. The summed E-state index contributed by atoms with van der Waals surface area (Å²) in [6.07, 6.45) is -1.60. The lowest BCUT2D eigenvalue weighted by Gasteiger charge is -2.28. The molecule has 16 heavy (non-hydrogen) atoms. The molecule has 3 heteroatoms. The van der Waals surface area contributed by atoms with Gasteiger partial charge in [0.1, 0.15) is 0 Å². The van der Waals surface area contributed by atoms with Gasteiger partial charge < -0.3 is 0 Å². The number of alkyl halides is 3. The summed E-state index contributed by atoms with van der Waals surface area (Å²) >= 11 is 0. The Morgan fingerprint density at radius 2 is 2.06 bits per heavy atom. The van der Waals surface area contributed by atoms with Gasteiger partial charge in [-0.1, -0.05) is 25.1 Å². The van der Waals surface area contributed by atoms with Crippen molar-refractivity contribution < 1.29 is 13.2 Å². The lowest BCUT2D eigenvalue weighted by atomic mass is 9.80. The third-order valence-corrected chi connectivity index (χ3v) is 3.38. The third-order valence-electron chi connectivity index (χ3n) is 3.38. The minimum Gasteiger partial charge on any atom is -0.170 e. The van der Waals surface area contributed by atoms with E-state index in [4.69, 9.17) is 0 Å². The van der Waals surface area contributed by atoms with Crippen LogP contribution >= 0.6 is 0 Å². The lowest BCUT2D eigenvalue weighted by Crippen LogP contribution is -2.25. The average molecular weight is 228 g/mol. The highest BCUT2D eigenvalue weighted by atomic mass is 19.4. The van der Waals surface area contributed by atoms with Gasteiger partial charge in [-0.05, 0) is 42.4 Å². The van der Waals surface area contributed by atoms with Crippen LogP contribution in [0.15, 0.2) is 18.2 Å². The molecule has 1 atom stereocenters. The normalized spacial score (nSPS) is 20.6. The highest BCUT2D eigenvalue weighted by Gasteiger charge is 2.42. The van der Waals surface area contributed by atoms with Gasteiger partial charge in [-0.25, -0.2) is 0 Å². The largest absolute Gasteiger partial charge is 0.395 e. The van der Waals surface area contributed by atoms with Gasteiger partial charge in [0.25, 0.3) is 0 Å². The first-order valence-corrected chi connectivity index (χ1v) is 5.71. The van der Waals surface area contributed by atoms with Crippen molar-refractivity contribution in [3.8, 4) is 0 Å². The smallest absolute Gasteiger partial charge is 0.170 e. The van der Waals surface area contributed by atoms with E-state index in [9.17, 15) is 13.2 Å². The van der Waals surface area contributed by atoms with Gasteiger partial charge in [0.15, 0.2) is 0 Å². The highest BCUT2D eigenvalue weighted by Crippen LogP contribution is 2.43. The second-order valence-corrected chi connectivity index (χ2v) is 4.32. The Hall–Kier alpha value is -0.990. The van der Waals surface area contributed by atoms with Crippen LogP contribution in [0.1, 0.15) is 42.4 Å². The molecule has 0 saturated carbocycles. The number of rotatable bonds is 1. The quantitative estimate of drug-likeness (QED) is 0.674. The maximum atomic E-state index is 12.9. The predicted molar refractivity (Wildman–Crippen MR) is 57.6 cm³/mol. The molecule has 0 heterocycles. The molecular weight excluding hydrogens is 213 g/mol. The Morgan fingerprint density at radius 3 is 2.69 bits per heavy atom. The van der Waals surface area contributed by atoms with Crippen LogP contribution in [0.25, 0.3) is 0 Å². The summed E-state index contributed by atoms with van der Waals surface area (Å²) in [5.41, 5.74) is 2.53. The molecule has 1 aromatic carbocycles. The van der Waals surface area contributed by atoms with Gasteiger partial charge in [-0.2, -0.15) is 13.2 Å². The molecule has 1 unspecified atom stereocenters. The lowest BCUT2D eigenvalue weighted by molar-refractivity contribution is -0.153. The van der Waals surface area contributed by atoms with Crippen LogP contribution in [-0.2, 0) is 12.8 Å². The van der Waals surface area contributed by atoms with Crippen molar-refractivity contribution in [3.63, 3.8) is 0 Å². The molecule has 1 aromatic rings. The molecule has 0 bridgehead atoms. The van der Waals surface area contributed by atoms with E-state index in [0.29, 0.717) is 12.0 Å². The van der Waals surface area contributed by atoms with E-state index in [1.54, 1.807) is 12.1 Å². The Labute approximate surface area is 93.5 Å². The monoisotopic (exact) mass is 228 g/mol.